The van der Waals surface area contributed by atoms with Crippen LogP contribution in [0.5, 0.6) is 0 Å². The van der Waals surface area contributed by atoms with Gasteiger partial charge in [0.05, 0.1) is 11.0 Å². The Balaban J connectivity index is 0.951. The summed E-state index contributed by atoms with van der Waals surface area (Å²) in [5.74, 6) is 0. The van der Waals surface area contributed by atoms with Gasteiger partial charge in [0.1, 0.15) is 0 Å². The normalized spacial score (nSPS) is 11.5. The van der Waals surface area contributed by atoms with E-state index in [0.717, 1.165) is 22.7 Å². The fourth-order valence-corrected chi connectivity index (χ4v) is 9.53. The van der Waals surface area contributed by atoms with Crippen LogP contribution in [0.2, 0.25) is 0 Å². The lowest BCUT2D eigenvalue weighted by Gasteiger charge is -2.27. The van der Waals surface area contributed by atoms with Crippen LogP contribution >= 0.6 is 0 Å². The van der Waals surface area contributed by atoms with E-state index < -0.39 is 0 Å². The van der Waals surface area contributed by atoms with Gasteiger partial charge >= 0.3 is 0 Å². The van der Waals surface area contributed by atoms with Gasteiger partial charge < -0.3 is 9.47 Å². The Morgan fingerprint density at radius 1 is 0.258 bits per heavy atom. The van der Waals surface area contributed by atoms with Crippen molar-refractivity contribution in [1.82, 2.24) is 4.57 Å². The Labute approximate surface area is 360 Å². The molecular weight excluding hydrogens is 749 g/mol. The quantitative estimate of drug-likeness (QED) is 0.146. The molecular formula is C60H40N2. The first-order valence-electron chi connectivity index (χ1n) is 21.3. The number of rotatable bonds is 7. The molecule has 0 fully saturated rings. The number of para-hydroxylation sites is 2. The monoisotopic (exact) mass is 788 g/mol. The van der Waals surface area contributed by atoms with Crippen molar-refractivity contribution >= 4 is 71.2 Å². The zero-order valence-corrected chi connectivity index (χ0v) is 34.0. The number of hydrogen-bond acceptors (Lipinski definition) is 1. The van der Waals surface area contributed by atoms with Crippen molar-refractivity contribution in [2.24, 2.45) is 0 Å². The second kappa shape index (κ2) is 14.8. The molecule has 2 heteroatoms. The van der Waals surface area contributed by atoms with Gasteiger partial charge in [0, 0.05) is 33.5 Å². The summed E-state index contributed by atoms with van der Waals surface area (Å²) < 4.78 is 2.38. The van der Waals surface area contributed by atoms with Crippen molar-refractivity contribution in [2.75, 3.05) is 4.90 Å². The second-order valence-corrected chi connectivity index (χ2v) is 16.1. The van der Waals surface area contributed by atoms with E-state index in [1.165, 1.54) is 87.5 Å². The smallest absolute Gasteiger partial charge is 0.0541 e. The summed E-state index contributed by atoms with van der Waals surface area (Å²) in [5, 5.41) is 10.1. The first-order chi connectivity index (χ1) is 30.7. The van der Waals surface area contributed by atoms with E-state index in [-0.39, 0.29) is 0 Å². The van der Waals surface area contributed by atoms with Crippen molar-refractivity contribution in [2.45, 2.75) is 0 Å². The van der Waals surface area contributed by atoms with Gasteiger partial charge in [-0.05, 0) is 138 Å². The third-order valence-corrected chi connectivity index (χ3v) is 12.6. The zero-order chi connectivity index (χ0) is 41.0. The Bertz CT molecular complexity index is 3560. The van der Waals surface area contributed by atoms with Crippen LogP contribution in [-0.2, 0) is 0 Å². The number of fused-ring (bicyclic) bond motifs is 7. The maximum atomic E-state index is 2.38. The third kappa shape index (κ3) is 6.12. The number of nitrogens with zero attached hydrogens (tertiary/aromatic N) is 2. The molecule has 1 aromatic heterocycles. The van der Waals surface area contributed by atoms with Crippen molar-refractivity contribution in [1.29, 1.82) is 0 Å². The Hall–Kier alpha value is -8.20. The van der Waals surface area contributed by atoms with E-state index in [1.807, 2.05) is 0 Å². The van der Waals surface area contributed by atoms with E-state index in [4.69, 9.17) is 0 Å². The molecule has 0 aliphatic rings. The van der Waals surface area contributed by atoms with E-state index in [1.54, 1.807) is 0 Å². The van der Waals surface area contributed by atoms with Crippen LogP contribution < -0.4 is 4.90 Å². The van der Waals surface area contributed by atoms with Crippen LogP contribution in [-0.4, -0.2) is 4.57 Å². The number of aromatic nitrogens is 1. The van der Waals surface area contributed by atoms with Crippen LogP contribution in [0.15, 0.2) is 243 Å². The van der Waals surface area contributed by atoms with E-state index in [0.29, 0.717) is 0 Å². The van der Waals surface area contributed by atoms with Crippen molar-refractivity contribution in [3.63, 3.8) is 0 Å². The maximum Gasteiger partial charge on any atom is 0.0541 e. The highest BCUT2D eigenvalue weighted by atomic mass is 15.1. The van der Waals surface area contributed by atoms with Gasteiger partial charge in [-0.15, -0.1) is 0 Å². The fourth-order valence-electron chi connectivity index (χ4n) is 9.53. The molecule has 290 valence electrons. The highest BCUT2D eigenvalue weighted by Crippen LogP contribution is 2.41. The average molecular weight is 789 g/mol. The van der Waals surface area contributed by atoms with Crippen LogP contribution in [0, 0.1) is 0 Å². The van der Waals surface area contributed by atoms with Crippen LogP contribution in [0.4, 0.5) is 17.1 Å². The summed E-state index contributed by atoms with van der Waals surface area (Å²) in [6.07, 6.45) is 0. The molecule has 0 aliphatic heterocycles. The standard InChI is InChI=1S/C60H40N2/c1-2-13-45-38-46(29-28-41(45)12-1)44-26-24-42(25-27-44)43-30-32-49(33-31-43)61(50-34-36-51(37-35-50)62-59-22-9-7-20-56(59)57-21-8-10-23-60(57)62)52-16-11-15-47(39-52)58-40-48-14-3-4-17-53(48)54-18-5-6-19-55(54)58/h1-40H. The summed E-state index contributed by atoms with van der Waals surface area (Å²) in [6, 6.07) is 88.5. The lowest BCUT2D eigenvalue weighted by atomic mass is 9.93. The summed E-state index contributed by atoms with van der Waals surface area (Å²) in [5.41, 5.74) is 14.0. The Morgan fingerprint density at radius 3 is 1.44 bits per heavy atom. The number of anilines is 3. The largest absolute Gasteiger partial charge is 0.310 e. The minimum absolute atomic E-state index is 1.09. The molecule has 0 saturated carbocycles. The van der Waals surface area contributed by atoms with Crippen LogP contribution in [0.3, 0.4) is 0 Å². The molecule has 0 amide bonds. The average Bonchev–Trinajstić information content (AvgIpc) is 3.69. The van der Waals surface area contributed by atoms with E-state index in [2.05, 4.69) is 252 Å². The lowest BCUT2D eigenvalue weighted by Crippen LogP contribution is -2.10. The maximum absolute atomic E-state index is 2.38. The zero-order valence-electron chi connectivity index (χ0n) is 34.0. The SMILES string of the molecule is c1cc(-c2cc3ccccc3c3ccccc23)cc(N(c2ccc(-c3ccc(-c4ccc5ccccc5c4)cc3)cc2)c2ccc(-n3c4ccccc4c4ccccc43)cc2)c1. The second-order valence-electron chi connectivity index (χ2n) is 16.1. The Morgan fingerprint density at radius 2 is 0.758 bits per heavy atom. The summed E-state index contributed by atoms with van der Waals surface area (Å²) in [4.78, 5) is 2.38. The molecule has 0 saturated heterocycles. The minimum atomic E-state index is 1.09. The number of hydrogen-bond donors (Lipinski definition) is 0. The predicted molar refractivity (Wildman–Crippen MR) is 264 cm³/mol. The Kier molecular flexibility index (Phi) is 8.53. The molecule has 11 aromatic carbocycles. The van der Waals surface area contributed by atoms with E-state index in [9.17, 15) is 0 Å². The highest BCUT2D eigenvalue weighted by Gasteiger charge is 2.17. The molecule has 2 nitrogen and oxygen atoms in total. The molecule has 0 radical (unpaired) electrons. The summed E-state index contributed by atoms with van der Waals surface area (Å²) in [7, 11) is 0. The van der Waals surface area contributed by atoms with Gasteiger partial charge in [-0.1, -0.05) is 170 Å². The van der Waals surface area contributed by atoms with Gasteiger partial charge in [-0.3, -0.25) is 0 Å². The van der Waals surface area contributed by atoms with E-state index >= 15 is 0 Å². The minimum Gasteiger partial charge on any atom is -0.310 e. The molecule has 0 bridgehead atoms. The topological polar surface area (TPSA) is 8.17 Å². The van der Waals surface area contributed by atoms with Gasteiger partial charge in [0.15, 0.2) is 0 Å². The molecule has 62 heavy (non-hydrogen) atoms. The van der Waals surface area contributed by atoms with Gasteiger partial charge in [0.2, 0.25) is 0 Å². The summed E-state index contributed by atoms with van der Waals surface area (Å²) in [6.45, 7) is 0. The van der Waals surface area contributed by atoms with Crippen molar-refractivity contribution in [3.05, 3.63) is 243 Å². The van der Waals surface area contributed by atoms with Crippen molar-refractivity contribution < 1.29 is 0 Å². The first kappa shape index (κ1) is 35.7. The van der Waals surface area contributed by atoms with Gasteiger partial charge in [0.25, 0.3) is 0 Å². The molecule has 0 atom stereocenters. The predicted octanol–water partition coefficient (Wildman–Crippen LogP) is 16.7. The van der Waals surface area contributed by atoms with Crippen molar-refractivity contribution in [3.8, 4) is 39.1 Å². The molecule has 0 aliphatic carbocycles. The van der Waals surface area contributed by atoms with Gasteiger partial charge in [-0.2, -0.15) is 0 Å². The molecule has 1 heterocycles. The van der Waals surface area contributed by atoms with Gasteiger partial charge in [-0.25, -0.2) is 0 Å². The summed E-state index contributed by atoms with van der Waals surface area (Å²) >= 11 is 0. The lowest BCUT2D eigenvalue weighted by molar-refractivity contribution is 1.17. The van der Waals surface area contributed by atoms with Crippen LogP contribution in [0.1, 0.15) is 0 Å². The molecule has 12 aromatic rings. The molecule has 0 N–H and O–H groups in total. The third-order valence-electron chi connectivity index (χ3n) is 12.6. The molecule has 0 spiro atoms. The fraction of sp³-hybridized carbons (Fsp3) is 0. The van der Waals surface area contributed by atoms with Crippen LogP contribution in [0.25, 0.3) is 93.2 Å². The molecule has 12 rings (SSSR count). The first-order valence-corrected chi connectivity index (χ1v) is 21.3. The molecule has 0 unspecified atom stereocenters. The number of benzene rings is 11. The highest BCUT2D eigenvalue weighted by molar-refractivity contribution is 6.14.